The Hall–Kier alpha value is -2.04. The molecule has 23 heavy (non-hydrogen) atoms. The number of hydrogen-bond donors (Lipinski definition) is 1. The molecule has 0 aliphatic carbocycles. The number of rotatable bonds is 5. The van der Waals surface area contributed by atoms with Crippen LogP contribution in [0.3, 0.4) is 0 Å². The van der Waals surface area contributed by atoms with E-state index >= 15 is 0 Å². The van der Waals surface area contributed by atoms with Crippen molar-refractivity contribution in [1.82, 2.24) is 5.43 Å². The lowest BCUT2D eigenvalue weighted by molar-refractivity contribution is -0.134. The van der Waals surface area contributed by atoms with Gasteiger partial charge in [-0.15, -0.1) is 0 Å². The van der Waals surface area contributed by atoms with E-state index in [1.165, 1.54) is 6.21 Å². The highest BCUT2D eigenvalue weighted by Crippen LogP contribution is 2.21. The molecule has 2 aromatic carbocycles. The predicted octanol–water partition coefficient (Wildman–Crippen LogP) is 4.30. The van der Waals surface area contributed by atoms with E-state index in [0.29, 0.717) is 15.8 Å². The van der Waals surface area contributed by atoms with Crippen LogP contribution in [-0.4, -0.2) is 17.7 Å². The number of halogens is 2. The minimum absolute atomic E-state index is 0.363. The summed E-state index contributed by atoms with van der Waals surface area (Å²) in [5.41, 5.74) is 2.21. The smallest absolute Gasteiger partial charge is 0.283 e. The van der Waals surface area contributed by atoms with E-state index < -0.39 is 5.60 Å². The number of carbonyl (C=O) groups excluding carboxylic acids is 1. The Morgan fingerprint density at radius 2 is 1.57 bits per heavy atom. The third-order valence-corrected chi connectivity index (χ3v) is 3.49. The lowest BCUT2D eigenvalue weighted by Gasteiger charge is -2.24. The SMILES string of the molecule is CC(C)(Oc1ccc(Cl)cc1)C(=O)N/N=C/c1ccc(Cl)cc1. The molecular weight excluding hydrogens is 335 g/mol. The van der Waals surface area contributed by atoms with Gasteiger partial charge in [-0.1, -0.05) is 35.3 Å². The lowest BCUT2D eigenvalue weighted by Crippen LogP contribution is -2.44. The van der Waals surface area contributed by atoms with E-state index in [0.717, 1.165) is 5.56 Å². The molecular formula is C17H16Cl2N2O2. The minimum Gasteiger partial charge on any atom is -0.478 e. The lowest BCUT2D eigenvalue weighted by atomic mass is 10.1. The fourth-order valence-corrected chi connectivity index (χ4v) is 1.94. The Labute approximate surface area is 145 Å². The molecule has 0 spiro atoms. The van der Waals surface area contributed by atoms with Gasteiger partial charge in [-0.3, -0.25) is 4.79 Å². The Morgan fingerprint density at radius 1 is 1.04 bits per heavy atom. The van der Waals surface area contributed by atoms with Crippen molar-refractivity contribution in [1.29, 1.82) is 0 Å². The van der Waals surface area contributed by atoms with Crippen LogP contribution < -0.4 is 10.2 Å². The summed E-state index contributed by atoms with van der Waals surface area (Å²) in [6.07, 6.45) is 1.53. The van der Waals surface area contributed by atoms with Gasteiger partial charge in [0.05, 0.1) is 6.21 Å². The molecule has 0 saturated carbocycles. The third-order valence-electron chi connectivity index (χ3n) is 2.98. The van der Waals surface area contributed by atoms with Crippen molar-refractivity contribution in [3.63, 3.8) is 0 Å². The molecule has 0 atom stereocenters. The first kappa shape index (κ1) is 17.3. The molecule has 6 heteroatoms. The maximum Gasteiger partial charge on any atom is 0.283 e. The van der Waals surface area contributed by atoms with E-state index in [4.69, 9.17) is 27.9 Å². The van der Waals surface area contributed by atoms with E-state index in [-0.39, 0.29) is 5.91 Å². The summed E-state index contributed by atoms with van der Waals surface area (Å²) < 4.78 is 5.68. The topological polar surface area (TPSA) is 50.7 Å². The van der Waals surface area contributed by atoms with Gasteiger partial charge in [-0.25, -0.2) is 5.43 Å². The molecule has 0 saturated heterocycles. The Morgan fingerprint density at radius 3 is 2.13 bits per heavy atom. The molecule has 4 nitrogen and oxygen atoms in total. The molecule has 0 fully saturated rings. The van der Waals surface area contributed by atoms with Gasteiger partial charge in [0.15, 0.2) is 5.60 Å². The van der Waals surface area contributed by atoms with Crippen molar-refractivity contribution in [3.05, 3.63) is 64.1 Å². The van der Waals surface area contributed by atoms with Gasteiger partial charge in [0.2, 0.25) is 0 Å². The van der Waals surface area contributed by atoms with Gasteiger partial charge >= 0.3 is 0 Å². The zero-order valence-electron chi connectivity index (χ0n) is 12.7. The highest BCUT2D eigenvalue weighted by atomic mass is 35.5. The summed E-state index contributed by atoms with van der Waals surface area (Å²) in [5.74, 6) is 0.189. The molecule has 0 radical (unpaired) electrons. The highest BCUT2D eigenvalue weighted by Gasteiger charge is 2.29. The maximum atomic E-state index is 12.2. The average molecular weight is 351 g/mol. The first-order valence-electron chi connectivity index (χ1n) is 6.90. The number of ether oxygens (including phenoxy) is 1. The number of nitrogens with zero attached hydrogens (tertiary/aromatic N) is 1. The third kappa shape index (κ3) is 5.27. The van der Waals surface area contributed by atoms with Crippen molar-refractivity contribution in [2.45, 2.75) is 19.4 Å². The van der Waals surface area contributed by atoms with Crippen LogP contribution >= 0.6 is 23.2 Å². The number of hydrazone groups is 1. The van der Waals surface area contributed by atoms with Gasteiger partial charge < -0.3 is 4.74 Å². The zero-order chi connectivity index (χ0) is 16.9. The van der Waals surface area contributed by atoms with Gasteiger partial charge in [-0.2, -0.15) is 5.10 Å². The molecule has 2 rings (SSSR count). The molecule has 0 unspecified atom stereocenters. The summed E-state index contributed by atoms with van der Waals surface area (Å²) in [6.45, 7) is 3.32. The van der Waals surface area contributed by atoms with Crippen LogP contribution in [0.25, 0.3) is 0 Å². The van der Waals surface area contributed by atoms with Crippen molar-refractivity contribution in [2.24, 2.45) is 5.10 Å². The largest absolute Gasteiger partial charge is 0.478 e. The molecule has 2 aromatic rings. The van der Waals surface area contributed by atoms with Crippen molar-refractivity contribution >= 4 is 35.3 Å². The second-order valence-corrected chi connectivity index (χ2v) is 6.19. The molecule has 1 N–H and O–H groups in total. The number of nitrogens with one attached hydrogen (secondary N) is 1. The number of benzene rings is 2. The van der Waals surface area contributed by atoms with Gasteiger partial charge in [0.25, 0.3) is 5.91 Å². The van der Waals surface area contributed by atoms with Gasteiger partial charge in [0, 0.05) is 10.0 Å². The van der Waals surface area contributed by atoms with Crippen LogP contribution in [0.15, 0.2) is 53.6 Å². The minimum atomic E-state index is -1.08. The number of carbonyl (C=O) groups is 1. The van der Waals surface area contributed by atoms with E-state index in [2.05, 4.69) is 10.5 Å². The molecule has 0 aliphatic rings. The quantitative estimate of drug-likeness (QED) is 0.645. The second-order valence-electron chi connectivity index (χ2n) is 5.32. The van der Waals surface area contributed by atoms with Gasteiger partial charge in [-0.05, 0) is 55.8 Å². The standard InChI is InChI=1S/C17H16Cl2N2O2/c1-17(2,23-15-9-7-14(19)8-10-15)16(22)21-20-11-12-3-5-13(18)6-4-12/h3-11H,1-2H3,(H,21,22)/b20-11+. The van der Waals surface area contributed by atoms with E-state index in [9.17, 15) is 4.79 Å². The summed E-state index contributed by atoms with van der Waals surface area (Å²) in [5, 5.41) is 5.17. The molecule has 0 heterocycles. The van der Waals surface area contributed by atoms with Crippen molar-refractivity contribution in [2.75, 3.05) is 0 Å². The zero-order valence-corrected chi connectivity index (χ0v) is 14.2. The van der Waals surface area contributed by atoms with E-state index in [1.807, 2.05) is 0 Å². The Balaban J connectivity index is 1.95. The maximum absolute atomic E-state index is 12.2. The van der Waals surface area contributed by atoms with E-state index in [1.54, 1.807) is 62.4 Å². The van der Waals surface area contributed by atoms with Crippen LogP contribution in [0, 0.1) is 0 Å². The summed E-state index contributed by atoms with van der Waals surface area (Å²) >= 11 is 11.6. The van der Waals surface area contributed by atoms with Gasteiger partial charge in [0.1, 0.15) is 5.75 Å². The summed E-state index contributed by atoms with van der Waals surface area (Å²) in [7, 11) is 0. The first-order valence-corrected chi connectivity index (χ1v) is 7.66. The van der Waals surface area contributed by atoms with Crippen LogP contribution in [0.4, 0.5) is 0 Å². The summed E-state index contributed by atoms with van der Waals surface area (Å²) in [4.78, 5) is 12.2. The molecule has 0 aromatic heterocycles. The number of hydrogen-bond acceptors (Lipinski definition) is 3. The fraction of sp³-hybridized carbons (Fsp3) is 0.176. The second kappa shape index (κ2) is 7.49. The van der Waals surface area contributed by atoms with Crippen LogP contribution in [0.5, 0.6) is 5.75 Å². The molecule has 120 valence electrons. The van der Waals surface area contributed by atoms with Crippen LogP contribution in [0.1, 0.15) is 19.4 Å². The highest BCUT2D eigenvalue weighted by molar-refractivity contribution is 6.30. The fourth-order valence-electron chi connectivity index (χ4n) is 1.69. The predicted molar refractivity (Wildman–Crippen MR) is 93.3 cm³/mol. The molecule has 1 amide bonds. The molecule has 0 aliphatic heterocycles. The van der Waals surface area contributed by atoms with Crippen LogP contribution in [0.2, 0.25) is 10.0 Å². The average Bonchev–Trinajstić information content (AvgIpc) is 2.51. The Bertz CT molecular complexity index is 696. The normalized spacial score (nSPS) is 11.5. The monoisotopic (exact) mass is 350 g/mol. The summed E-state index contributed by atoms with van der Waals surface area (Å²) in [6, 6.07) is 13.9. The molecule has 0 bridgehead atoms. The Kier molecular flexibility index (Phi) is 5.64. The van der Waals surface area contributed by atoms with Crippen molar-refractivity contribution < 1.29 is 9.53 Å². The first-order chi connectivity index (χ1) is 10.9. The van der Waals surface area contributed by atoms with Crippen molar-refractivity contribution in [3.8, 4) is 5.75 Å². The number of amides is 1. The van der Waals surface area contributed by atoms with Crippen LogP contribution in [-0.2, 0) is 4.79 Å².